The standard InChI is InChI=1S/C12H12ClFN2O5/c13-7-3-6(1-2-8(7)14)5-15-12(21)16-9(11(19)20)4-10(17)18/h1-3,9H,4-5H2,(H,17,18)(H,19,20)(H2,15,16,21). The van der Waals surface area contributed by atoms with E-state index in [1.807, 2.05) is 5.32 Å². The van der Waals surface area contributed by atoms with Gasteiger partial charge in [-0.25, -0.2) is 14.0 Å². The average Bonchev–Trinajstić information content (AvgIpc) is 2.38. The van der Waals surface area contributed by atoms with Crippen LogP contribution >= 0.6 is 11.6 Å². The van der Waals surface area contributed by atoms with E-state index < -0.39 is 36.2 Å². The highest BCUT2D eigenvalue weighted by atomic mass is 35.5. The minimum atomic E-state index is -1.54. The number of halogens is 2. The monoisotopic (exact) mass is 318 g/mol. The van der Waals surface area contributed by atoms with Crippen LogP contribution < -0.4 is 10.6 Å². The van der Waals surface area contributed by atoms with E-state index in [0.717, 1.165) is 6.07 Å². The number of carboxylic acid groups (broad SMARTS) is 2. The maximum atomic E-state index is 12.9. The summed E-state index contributed by atoms with van der Waals surface area (Å²) in [5.74, 6) is -3.41. The van der Waals surface area contributed by atoms with E-state index in [-0.39, 0.29) is 11.6 Å². The van der Waals surface area contributed by atoms with Gasteiger partial charge in [-0.1, -0.05) is 17.7 Å². The van der Waals surface area contributed by atoms with Crippen molar-refractivity contribution < 1.29 is 29.0 Å². The first-order valence-corrected chi connectivity index (χ1v) is 6.10. The van der Waals surface area contributed by atoms with Gasteiger partial charge in [-0.05, 0) is 17.7 Å². The summed E-state index contributed by atoms with van der Waals surface area (Å²) in [5, 5.41) is 21.5. The largest absolute Gasteiger partial charge is 0.481 e. The quantitative estimate of drug-likeness (QED) is 0.629. The lowest BCUT2D eigenvalue weighted by Crippen LogP contribution is -2.46. The Kier molecular flexibility index (Phi) is 5.92. The number of carboxylic acids is 2. The number of hydrogen-bond acceptors (Lipinski definition) is 3. The molecule has 0 radical (unpaired) electrons. The number of benzene rings is 1. The Hall–Kier alpha value is -2.35. The molecule has 0 bridgehead atoms. The molecule has 7 nitrogen and oxygen atoms in total. The van der Waals surface area contributed by atoms with Gasteiger partial charge in [0.15, 0.2) is 0 Å². The van der Waals surface area contributed by atoms with Crippen LogP contribution in [0.2, 0.25) is 5.02 Å². The number of aliphatic carboxylic acids is 2. The summed E-state index contributed by atoms with van der Waals surface area (Å²) >= 11 is 5.57. The molecule has 1 unspecified atom stereocenters. The van der Waals surface area contributed by atoms with Crippen molar-refractivity contribution in [2.75, 3.05) is 0 Å². The first-order chi connectivity index (χ1) is 9.79. The predicted octanol–water partition coefficient (Wildman–Crippen LogP) is 1.21. The van der Waals surface area contributed by atoms with Gasteiger partial charge >= 0.3 is 18.0 Å². The molecule has 0 saturated carbocycles. The van der Waals surface area contributed by atoms with E-state index in [2.05, 4.69) is 5.32 Å². The van der Waals surface area contributed by atoms with Crippen LogP contribution in [0.4, 0.5) is 9.18 Å². The molecule has 0 aliphatic carbocycles. The highest BCUT2D eigenvalue weighted by Crippen LogP contribution is 2.15. The zero-order valence-corrected chi connectivity index (χ0v) is 11.4. The van der Waals surface area contributed by atoms with Crippen molar-refractivity contribution in [3.63, 3.8) is 0 Å². The number of hydrogen-bond donors (Lipinski definition) is 4. The Morgan fingerprint density at radius 3 is 2.48 bits per heavy atom. The van der Waals surface area contributed by atoms with Crippen molar-refractivity contribution in [3.8, 4) is 0 Å². The SMILES string of the molecule is O=C(O)CC(NC(=O)NCc1ccc(F)c(Cl)c1)C(=O)O. The average molecular weight is 319 g/mol. The molecule has 4 N–H and O–H groups in total. The van der Waals surface area contributed by atoms with Gasteiger partial charge in [0.05, 0.1) is 11.4 Å². The van der Waals surface area contributed by atoms with Gasteiger partial charge < -0.3 is 20.8 Å². The fourth-order valence-electron chi connectivity index (χ4n) is 1.42. The fraction of sp³-hybridized carbons (Fsp3) is 0.250. The molecular weight excluding hydrogens is 307 g/mol. The smallest absolute Gasteiger partial charge is 0.326 e. The summed E-state index contributed by atoms with van der Waals surface area (Å²) in [7, 11) is 0. The van der Waals surface area contributed by atoms with Gasteiger partial charge in [-0.2, -0.15) is 0 Å². The Morgan fingerprint density at radius 2 is 1.95 bits per heavy atom. The van der Waals surface area contributed by atoms with E-state index in [1.54, 1.807) is 0 Å². The topological polar surface area (TPSA) is 116 Å². The number of nitrogens with one attached hydrogen (secondary N) is 2. The maximum Gasteiger partial charge on any atom is 0.326 e. The van der Waals surface area contributed by atoms with E-state index in [0.29, 0.717) is 5.56 Å². The van der Waals surface area contributed by atoms with E-state index in [4.69, 9.17) is 21.8 Å². The predicted molar refractivity (Wildman–Crippen MR) is 70.5 cm³/mol. The van der Waals surface area contributed by atoms with Crippen molar-refractivity contribution in [2.45, 2.75) is 19.0 Å². The molecular formula is C12H12ClFN2O5. The van der Waals surface area contributed by atoms with Crippen LogP contribution in [0.25, 0.3) is 0 Å². The normalized spacial score (nSPS) is 11.5. The number of carbonyl (C=O) groups excluding carboxylic acids is 1. The van der Waals surface area contributed by atoms with Gasteiger partial charge in [-0.3, -0.25) is 4.79 Å². The highest BCUT2D eigenvalue weighted by Gasteiger charge is 2.22. The van der Waals surface area contributed by atoms with Crippen LogP contribution in [0, 0.1) is 5.82 Å². The molecule has 1 atom stereocenters. The third-order valence-electron chi connectivity index (χ3n) is 2.42. The first-order valence-electron chi connectivity index (χ1n) is 5.72. The second-order valence-electron chi connectivity index (χ2n) is 4.06. The van der Waals surface area contributed by atoms with Crippen molar-refractivity contribution in [1.82, 2.24) is 10.6 Å². The third-order valence-corrected chi connectivity index (χ3v) is 2.71. The van der Waals surface area contributed by atoms with Gasteiger partial charge in [0.1, 0.15) is 11.9 Å². The van der Waals surface area contributed by atoms with E-state index in [9.17, 15) is 18.8 Å². The minimum Gasteiger partial charge on any atom is -0.481 e. The molecule has 9 heteroatoms. The van der Waals surface area contributed by atoms with Gasteiger partial charge in [-0.15, -0.1) is 0 Å². The van der Waals surface area contributed by atoms with Crippen molar-refractivity contribution in [3.05, 3.63) is 34.6 Å². The number of urea groups is 1. The Labute approximate surface area is 123 Å². The molecule has 0 aliphatic heterocycles. The molecule has 0 saturated heterocycles. The molecule has 0 spiro atoms. The first kappa shape index (κ1) is 16.7. The van der Waals surface area contributed by atoms with Crippen LogP contribution in [0.15, 0.2) is 18.2 Å². The van der Waals surface area contributed by atoms with Crippen LogP contribution in [0.3, 0.4) is 0 Å². The minimum absolute atomic E-state index is 0.0226. The molecule has 0 heterocycles. The summed E-state index contributed by atoms with van der Waals surface area (Å²) in [6.07, 6.45) is -0.745. The molecule has 2 amide bonds. The van der Waals surface area contributed by atoms with Crippen LogP contribution in [-0.4, -0.2) is 34.2 Å². The summed E-state index contributed by atoms with van der Waals surface area (Å²) in [5.41, 5.74) is 0.502. The Bertz CT molecular complexity index is 567. The zero-order chi connectivity index (χ0) is 16.0. The van der Waals surface area contributed by atoms with Gasteiger partial charge in [0.2, 0.25) is 0 Å². The summed E-state index contributed by atoms with van der Waals surface area (Å²) in [6, 6.07) is 1.43. The lowest BCUT2D eigenvalue weighted by molar-refractivity contribution is -0.145. The Balaban J connectivity index is 2.54. The lowest BCUT2D eigenvalue weighted by Gasteiger charge is -2.13. The summed E-state index contributed by atoms with van der Waals surface area (Å²) in [6.45, 7) is -0.0226. The van der Waals surface area contributed by atoms with Gasteiger partial charge in [0.25, 0.3) is 0 Å². The maximum absolute atomic E-state index is 12.9. The zero-order valence-electron chi connectivity index (χ0n) is 10.6. The van der Waals surface area contributed by atoms with Crippen molar-refractivity contribution in [2.24, 2.45) is 0 Å². The Morgan fingerprint density at radius 1 is 1.29 bits per heavy atom. The highest BCUT2D eigenvalue weighted by molar-refractivity contribution is 6.30. The third kappa shape index (κ3) is 5.65. The molecule has 1 aromatic rings. The second kappa shape index (κ2) is 7.44. The number of carbonyl (C=O) groups is 3. The van der Waals surface area contributed by atoms with Gasteiger partial charge in [0, 0.05) is 6.54 Å². The van der Waals surface area contributed by atoms with Crippen molar-refractivity contribution in [1.29, 1.82) is 0 Å². The summed E-state index contributed by atoms with van der Waals surface area (Å²) in [4.78, 5) is 32.7. The molecule has 0 aromatic heterocycles. The second-order valence-corrected chi connectivity index (χ2v) is 4.47. The van der Waals surface area contributed by atoms with E-state index in [1.165, 1.54) is 12.1 Å². The van der Waals surface area contributed by atoms with Crippen LogP contribution in [-0.2, 0) is 16.1 Å². The van der Waals surface area contributed by atoms with Crippen LogP contribution in [0.5, 0.6) is 0 Å². The molecule has 114 valence electrons. The van der Waals surface area contributed by atoms with E-state index >= 15 is 0 Å². The number of rotatable bonds is 6. The number of amides is 2. The molecule has 21 heavy (non-hydrogen) atoms. The van der Waals surface area contributed by atoms with Crippen molar-refractivity contribution >= 4 is 29.6 Å². The van der Waals surface area contributed by atoms with Crippen LogP contribution in [0.1, 0.15) is 12.0 Å². The lowest BCUT2D eigenvalue weighted by atomic mass is 10.2. The molecule has 0 aliphatic rings. The molecule has 1 aromatic carbocycles. The summed E-state index contributed by atoms with van der Waals surface area (Å²) < 4.78 is 12.9. The fourth-order valence-corrected chi connectivity index (χ4v) is 1.62. The molecule has 0 fully saturated rings. The molecule has 1 rings (SSSR count).